The summed E-state index contributed by atoms with van der Waals surface area (Å²) in [5.74, 6) is -0.958. The first-order valence-corrected chi connectivity index (χ1v) is 8.93. The number of anilines is 1. The first kappa shape index (κ1) is 20.3. The number of aromatic nitrogens is 4. The molecular formula is C16H21N7O6. The Morgan fingerprint density at radius 1 is 1.38 bits per heavy atom. The molecule has 2 aromatic rings. The Balaban J connectivity index is 1.76. The number of ether oxygens (including phenoxy) is 2. The highest BCUT2D eigenvalue weighted by Crippen LogP contribution is 2.24. The minimum Gasteiger partial charge on any atom is -0.475 e. The Morgan fingerprint density at radius 3 is 2.69 bits per heavy atom. The number of carbonyl (C=O) groups excluding carboxylic acids is 2. The molecule has 1 fully saturated rings. The minimum atomic E-state index is -0.648. The number of methoxy groups -OCH3 is 1. The smallest absolute Gasteiger partial charge is 0.350 e. The van der Waals surface area contributed by atoms with Gasteiger partial charge < -0.3 is 19.7 Å². The summed E-state index contributed by atoms with van der Waals surface area (Å²) in [6.45, 7) is 3.80. The molecule has 1 saturated heterocycles. The van der Waals surface area contributed by atoms with E-state index in [2.05, 4.69) is 15.5 Å². The zero-order chi connectivity index (χ0) is 21.0. The molecule has 2 amide bonds. The Morgan fingerprint density at radius 2 is 2.10 bits per heavy atom. The molecule has 0 unspecified atom stereocenters. The minimum absolute atomic E-state index is 0.190. The van der Waals surface area contributed by atoms with Crippen LogP contribution in [0, 0.1) is 10.1 Å². The van der Waals surface area contributed by atoms with E-state index < -0.39 is 10.8 Å². The van der Waals surface area contributed by atoms with Crippen molar-refractivity contribution >= 4 is 23.2 Å². The molecule has 1 aliphatic rings. The third kappa shape index (κ3) is 4.34. The topological polar surface area (TPSA) is 147 Å². The van der Waals surface area contributed by atoms with E-state index in [1.165, 1.54) is 18.0 Å². The Labute approximate surface area is 165 Å². The highest BCUT2D eigenvalue weighted by atomic mass is 16.6. The number of hydrogen-bond donors (Lipinski definition) is 1. The van der Waals surface area contributed by atoms with Gasteiger partial charge in [0.25, 0.3) is 5.91 Å². The van der Waals surface area contributed by atoms with Crippen LogP contribution in [0.2, 0.25) is 0 Å². The molecule has 0 atom stereocenters. The molecule has 0 spiro atoms. The van der Waals surface area contributed by atoms with Crippen molar-refractivity contribution in [1.82, 2.24) is 24.5 Å². The van der Waals surface area contributed by atoms with Gasteiger partial charge in [0.15, 0.2) is 0 Å². The zero-order valence-electron chi connectivity index (χ0n) is 16.0. The highest BCUT2D eigenvalue weighted by molar-refractivity contribution is 6.02. The number of nitrogens with zero attached hydrogens (tertiary/aromatic N) is 6. The lowest BCUT2D eigenvalue weighted by atomic mass is 10.2. The van der Waals surface area contributed by atoms with Crippen molar-refractivity contribution in [3.63, 3.8) is 0 Å². The number of nitrogens with one attached hydrogen (secondary N) is 1. The summed E-state index contributed by atoms with van der Waals surface area (Å²) >= 11 is 0. The largest absolute Gasteiger partial charge is 0.475 e. The summed E-state index contributed by atoms with van der Waals surface area (Å²) in [5.41, 5.74) is 0.191. The molecule has 13 nitrogen and oxygen atoms in total. The van der Waals surface area contributed by atoms with E-state index in [1.807, 2.05) is 6.92 Å². The summed E-state index contributed by atoms with van der Waals surface area (Å²) in [6, 6.07) is 0. The van der Waals surface area contributed by atoms with E-state index >= 15 is 0 Å². The van der Waals surface area contributed by atoms with Crippen LogP contribution in [-0.2, 0) is 22.6 Å². The molecular weight excluding hydrogens is 386 g/mol. The van der Waals surface area contributed by atoms with E-state index in [1.54, 1.807) is 4.90 Å². The quantitative estimate of drug-likeness (QED) is 0.503. The molecule has 29 heavy (non-hydrogen) atoms. The molecule has 0 aliphatic carbocycles. The maximum absolute atomic E-state index is 12.9. The summed E-state index contributed by atoms with van der Waals surface area (Å²) in [7, 11) is 1.25. The molecule has 3 heterocycles. The van der Waals surface area contributed by atoms with Crippen molar-refractivity contribution in [3.8, 4) is 5.88 Å². The van der Waals surface area contributed by atoms with Gasteiger partial charge >= 0.3 is 11.6 Å². The van der Waals surface area contributed by atoms with Crippen molar-refractivity contribution < 1.29 is 24.0 Å². The van der Waals surface area contributed by atoms with E-state index in [0.717, 1.165) is 10.9 Å². The number of morpholine rings is 1. The number of aryl methyl sites for hydroxylation is 1. The van der Waals surface area contributed by atoms with E-state index in [0.29, 0.717) is 32.8 Å². The third-order valence-corrected chi connectivity index (χ3v) is 4.32. The zero-order valence-corrected chi connectivity index (χ0v) is 16.0. The summed E-state index contributed by atoms with van der Waals surface area (Å²) in [4.78, 5) is 37.3. The summed E-state index contributed by atoms with van der Waals surface area (Å²) < 4.78 is 12.7. The average molecular weight is 407 g/mol. The van der Waals surface area contributed by atoms with Gasteiger partial charge in [0, 0.05) is 19.6 Å². The van der Waals surface area contributed by atoms with Crippen molar-refractivity contribution in [1.29, 1.82) is 0 Å². The van der Waals surface area contributed by atoms with Gasteiger partial charge in [0.1, 0.15) is 18.4 Å². The van der Waals surface area contributed by atoms with Gasteiger partial charge in [-0.3, -0.25) is 29.1 Å². The first-order chi connectivity index (χ1) is 13.9. The molecule has 13 heteroatoms. The molecule has 2 aromatic heterocycles. The van der Waals surface area contributed by atoms with E-state index in [4.69, 9.17) is 9.47 Å². The molecule has 0 saturated carbocycles. The molecule has 0 aromatic carbocycles. The lowest BCUT2D eigenvalue weighted by molar-refractivity contribution is -0.385. The normalized spacial score (nSPS) is 13.9. The van der Waals surface area contributed by atoms with Crippen LogP contribution in [0.25, 0.3) is 0 Å². The number of rotatable bonds is 7. The Kier molecular flexibility index (Phi) is 6.07. The first-order valence-electron chi connectivity index (χ1n) is 8.93. The van der Waals surface area contributed by atoms with Crippen LogP contribution in [0.4, 0.5) is 11.4 Å². The molecule has 156 valence electrons. The fourth-order valence-electron chi connectivity index (χ4n) is 2.94. The van der Waals surface area contributed by atoms with Gasteiger partial charge in [-0.2, -0.15) is 5.10 Å². The summed E-state index contributed by atoms with van der Waals surface area (Å²) in [6.07, 6.45) is 2.51. The van der Waals surface area contributed by atoms with Crippen molar-refractivity contribution in [3.05, 3.63) is 28.2 Å². The van der Waals surface area contributed by atoms with Crippen molar-refractivity contribution in [2.75, 3.05) is 38.7 Å². The lowest BCUT2D eigenvalue weighted by Crippen LogP contribution is -2.41. The predicted octanol–water partition coefficient (Wildman–Crippen LogP) is 0.127. The number of nitro groups is 1. The number of hydrogen-bond acceptors (Lipinski definition) is 8. The second-order valence-electron chi connectivity index (χ2n) is 6.15. The predicted molar refractivity (Wildman–Crippen MR) is 98.7 cm³/mol. The third-order valence-electron chi connectivity index (χ3n) is 4.32. The monoisotopic (exact) mass is 407 g/mol. The van der Waals surface area contributed by atoms with Crippen LogP contribution in [-0.4, -0.2) is 74.6 Å². The van der Waals surface area contributed by atoms with Crippen LogP contribution in [0.5, 0.6) is 5.88 Å². The maximum atomic E-state index is 12.9. The molecule has 3 rings (SSSR count). The fraction of sp³-hybridized carbons (Fsp3) is 0.500. The Bertz CT molecular complexity index is 915. The van der Waals surface area contributed by atoms with Crippen LogP contribution in [0.3, 0.4) is 0 Å². The SMILES string of the molecule is CCn1ncc(NC(=O)Cn2cc([N+](=O)[O-])c(OC)n2)c1C(=O)N1CCOCC1. The second-order valence-corrected chi connectivity index (χ2v) is 6.15. The van der Waals surface area contributed by atoms with Gasteiger partial charge in [-0.15, -0.1) is 5.10 Å². The van der Waals surface area contributed by atoms with Crippen LogP contribution in [0.15, 0.2) is 12.4 Å². The van der Waals surface area contributed by atoms with Crippen molar-refractivity contribution in [2.24, 2.45) is 0 Å². The molecule has 1 N–H and O–H groups in total. The summed E-state index contributed by atoms with van der Waals surface area (Å²) in [5, 5.41) is 21.6. The van der Waals surface area contributed by atoms with Gasteiger partial charge in [0.05, 0.1) is 37.1 Å². The van der Waals surface area contributed by atoms with E-state index in [9.17, 15) is 19.7 Å². The maximum Gasteiger partial charge on any atom is 0.350 e. The molecule has 1 aliphatic heterocycles. The van der Waals surface area contributed by atoms with Gasteiger partial charge in [-0.1, -0.05) is 0 Å². The number of carbonyl (C=O) groups is 2. The van der Waals surface area contributed by atoms with Crippen LogP contribution >= 0.6 is 0 Å². The standard InChI is InChI=1S/C16H21N7O6/c1-3-22-14(16(25)20-4-6-29-7-5-20)11(8-17-22)18-13(24)10-21-9-12(23(26)27)15(19-21)28-2/h8-9H,3-7,10H2,1-2H3,(H,18,24). The van der Waals surface area contributed by atoms with Crippen LogP contribution in [0.1, 0.15) is 17.4 Å². The highest BCUT2D eigenvalue weighted by Gasteiger charge is 2.26. The molecule has 0 bridgehead atoms. The Hall–Kier alpha value is -3.48. The number of amides is 2. The fourth-order valence-corrected chi connectivity index (χ4v) is 2.94. The van der Waals surface area contributed by atoms with E-state index in [-0.39, 0.29) is 35.4 Å². The van der Waals surface area contributed by atoms with Crippen LogP contribution < -0.4 is 10.1 Å². The van der Waals surface area contributed by atoms with Crippen molar-refractivity contribution in [2.45, 2.75) is 20.0 Å². The molecule has 0 radical (unpaired) electrons. The van der Waals surface area contributed by atoms with Gasteiger partial charge in [-0.25, -0.2) is 0 Å². The second kappa shape index (κ2) is 8.68. The average Bonchev–Trinajstić information content (AvgIpc) is 3.31. The van der Waals surface area contributed by atoms with Gasteiger partial charge in [-0.05, 0) is 6.92 Å². The lowest BCUT2D eigenvalue weighted by Gasteiger charge is -2.27. The van der Waals surface area contributed by atoms with Gasteiger partial charge in [0.2, 0.25) is 5.91 Å².